The standard InChI is InChI=1S/C63H116O6/c1-4-7-10-13-16-19-22-24-25-26-27-28-29-30-31-32-33-34-35-36-37-38-40-41-44-47-50-53-56-62(65)68-59-60(58-67-61(64)55-52-49-46-43-21-18-15-12-9-6-3)69-63(66)57-54-51-48-45-42-39-23-20-17-14-11-8-5-2/h11-12,14-15,20,23,60H,4-10,13,16-19,21-22,24-59H2,1-3H3/b14-11-,15-12-,23-20-. The highest BCUT2D eigenvalue weighted by Crippen LogP contribution is 2.18. The Morgan fingerprint density at radius 3 is 0.884 bits per heavy atom. The molecule has 0 aromatic rings. The van der Waals surface area contributed by atoms with Crippen molar-refractivity contribution in [1.29, 1.82) is 0 Å². The summed E-state index contributed by atoms with van der Waals surface area (Å²) in [5, 5.41) is 0. The lowest BCUT2D eigenvalue weighted by molar-refractivity contribution is -0.167. The van der Waals surface area contributed by atoms with Gasteiger partial charge in [-0.3, -0.25) is 14.4 Å². The molecule has 0 fully saturated rings. The molecule has 0 radical (unpaired) electrons. The van der Waals surface area contributed by atoms with Gasteiger partial charge in [0.05, 0.1) is 0 Å². The number of rotatable bonds is 56. The second-order valence-corrected chi connectivity index (χ2v) is 20.6. The zero-order chi connectivity index (χ0) is 50.0. The van der Waals surface area contributed by atoms with Gasteiger partial charge in [0.1, 0.15) is 13.2 Å². The predicted octanol–water partition coefficient (Wildman–Crippen LogP) is 20.4. The van der Waals surface area contributed by atoms with Crippen molar-refractivity contribution in [3.63, 3.8) is 0 Å². The van der Waals surface area contributed by atoms with Crippen LogP contribution in [0.3, 0.4) is 0 Å². The Morgan fingerprint density at radius 2 is 0.551 bits per heavy atom. The maximum Gasteiger partial charge on any atom is 0.306 e. The summed E-state index contributed by atoms with van der Waals surface area (Å²) in [4.78, 5) is 38.0. The van der Waals surface area contributed by atoms with Crippen LogP contribution in [0.25, 0.3) is 0 Å². The van der Waals surface area contributed by atoms with Gasteiger partial charge in [-0.25, -0.2) is 0 Å². The van der Waals surface area contributed by atoms with Crippen molar-refractivity contribution in [3.8, 4) is 0 Å². The first-order chi connectivity index (χ1) is 34.0. The number of esters is 3. The monoisotopic (exact) mass is 969 g/mol. The Morgan fingerprint density at radius 1 is 0.290 bits per heavy atom. The topological polar surface area (TPSA) is 78.9 Å². The number of carbonyl (C=O) groups is 3. The van der Waals surface area contributed by atoms with E-state index in [2.05, 4.69) is 57.2 Å². The van der Waals surface area contributed by atoms with Crippen molar-refractivity contribution in [1.82, 2.24) is 0 Å². The summed E-state index contributed by atoms with van der Waals surface area (Å²) in [6.45, 7) is 6.54. The predicted molar refractivity (Wildman–Crippen MR) is 298 cm³/mol. The van der Waals surface area contributed by atoms with Crippen LogP contribution < -0.4 is 0 Å². The van der Waals surface area contributed by atoms with Crippen molar-refractivity contribution in [3.05, 3.63) is 36.5 Å². The van der Waals surface area contributed by atoms with Crippen LogP contribution in [0.4, 0.5) is 0 Å². The number of unbranched alkanes of at least 4 members (excludes halogenated alkanes) is 39. The van der Waals surface area contributed by atoms with Gasteiger partial charge in [0.25, 0.3) is 0 Å². The van der Waals surface area contributed by atoms with Crippen molar-refractivity contribution in [2.45, 2.75) is 335 Å². The highest BCUT2D eigenvalue weighted by molar-refractivity contribution is 5.71. The fraction of sp³-hybridized carbons (Fsp3) is 0.857. The van der Waals surface area contributed by atoms with Crippen molar-refractivity contribution in [2.24, 2.45) is 0 Å². The van der Waals surface area contributed by atoms with Crippen LogP contribution >= 0.6 is 0 Å². The van der Waals surface area contributed by atoms with Crippen molar-refractivity contribution in [2.75, 3.05) is 13.2 Å². The lowest BCUT2D eigenvalue weighted by Gasteiger charge is -2.18. The van der Waals surface area contributed by atoms with E-state index >= 15 is 0 Å². The molecule has 0 spiro atoms. The summed E-state index contributed by atoms with van der Waals surface area (Å²) in [5.74, 6) is -0.888. The van der Waals surface area contributed by atoms with Crippen LogP contribution in [0.2, 0.25) is 0 Å². The van der Waals surface area contributed by atoms with Crippen LogP contribution in [-0.2, 0) is 28.6 Å². The molecule has 0 aliphatic heterocycles. The molecule has 0 heterocycles. The SMILES string of the molecule is CCC/C=C\C/C=C\CCCCCCCC(=O)OC(COC(=O)CCCCCCC/C=C\CCC)COC(=O)CCCCCCCCCCCCCCCCCCCCCCCCCCCCCC. The third-order valence-electron chi connectivity index (χ3n) is 13.6. The molecule has 6 nitrogen and oxygen atoms in total. The fourth-order valence-corrected chi connectivity index (χ4v) is 9.02. The number of hydrogen-bond acceptors (Lipinski definition) is 6. The minimum absolute atomic E-state index is 0.0774. The Hall–Kier alpha value is -2.37. The van der Waals surface area contributed by atoms with Crippen molar-refractivity contribution >= 4 is 17.9 Å². The van der Waals surface area contributed by atoms with E-state index in [1.807, 2.05) is 0 Å². The van der Waals surface area contributed by atoms with E-state index in [0.29, 0.717) is 19.3 Å². The largest absolute Gasteiger partial charge is 0.462 e. The highest BCUT2D eigenvalue weighted by Gasteiger charge is 2.19. The molecule has 0 amide bonds. The maximum absolute atomic E-state index is 12.8. The van der Waals surface area contributed by atoms with Gasteiger partial charge in [0.15, 0.2) is 6.10 Å². The average Bonchev–Trinajstić information content (AvgIpc) is 3.35. The zero-order valence-electron chi connectivity index (χ0n) is 46.3. The normalized spacial score (nSPS) is 12.2. The highest BCUT2D eigenvalue weighted by atomic mass is 16.6. The Kier molecular flexibility index (Phi) is 56.2. The van der Waals surface area contributed by atoms with Gasteiger partial charge in [-0.05, 0) is 64.2 Å². The van der Waals surface area contributed by atoms with Gasteiger partial charge in [-0.2, -0.15) is 0 Å². The molecule has 0 saturated carbocycles. The zero-order valence-corrected chi connectivity index (χ0v) is 46.3. The summed E-state index contributed by atoms with van der Waals surface area (Å²) in [6.07, 6.45) is 70.3. The van der Waals surface area contributed by atoms with Crippen LogP contribution in [0.1, 0.15) is 329 Å². The third kappa shape index (κ3) is 56.4. The molecular formula is C63H116O6. The summed E-state index contributed by atoms with van der Waals surface area (Å²) >= 11 is 0. The molecule has 0 N–H and O–H groups in total. The van der Waals surface area contributed by atoms with Gasteiger partial charge >= 0.3 is 17.9 Å². The molecule has 69 heavy (non-hydrogen) atoms. The van der Waals surface area contributed by atoms with E-state index in [1.54, 1.807) is 0 Å². The molecule has 0 aromatic heterocycles. The quantitative estimate of drug-likeness (QED) is 0.0261. The molecule has 1 unspecified atom stereocenters. The molecule has 0 bridgehead atoms. The molecule has 0 rings (SSSR count). The maximum atomic E-state index is 12.8. The fourth-order valence-electron chi connectivity index (χ4n) is 9.02. The van der Waals surface area contributed by atoms with Crippen LogP contribution in [0, 0.1) is 0 Å². The van der Waals surface area contributed by atoms with E-state index in [0.717, 1.165) is 103 Å². The summed E-state index contributed by atoms with van der Waals surface area (Å²) in [5.41, 5.74) is 0. The molecule has 0 aliphatic carbocycles. The van der Waals surface area contributed by atoms with Gasteiger partial charge in [-0.15, -0.1) is 0 Å². The molecule has 0 saturated heterocycles. The van der Waals surface area contributed by atoms with Gasteiger partial charge < -0.3 is 14.2 Å². The van der Waals surface area contributed by atoms with E-state index in [1.165, 1.54) is 186 Å². The van der Waals surface area contributed by atoms with Gasteiger partial charge in [0, 0.05) is 19.3 Å². The molecular weight excluding hydrogens is 853 g/mol. The van der Waals surface area contributed by atoms with E-state index in [9.17, 15) is 14.4 Å². The third-order valence-corrected chi connectivity index (χ3v) is 13.6. The van der Waals surface area contributed by atoms with E-state index in [4.69, 9.17) is 14.2 Å². The molecule has 0 aromatic carbocycles. The first-order valence-electron chi connectivity index (χ1n) is 30.5. The second kappa shape index (κ2) is 58.2. The first-order valence-corrected chi connectivity index (χ1v) is 30.5. The molecule has 1 atom stereocenters. The number of ether oxygens (including phenoxy) is 3. The lowest BCUT2D eigenvalue weighted by atomic mass is 10.0. The molecule has 0 aliphatic rings. The van der Waals surface area contributed by atoms with E-state index < -0.39 is 6.10 Å². The second-order valence-electron chi connectivity index (χ2n) is 20.6. The minimum Gasteiger partial charge on any atom is -0.462 e. The minimum atomic E-state index is -0.779. The Balaban J connectivity index is 4.08. The summed E-state index contributed by atoms with van der Waals surface area (Å²) < 4.78 is 16.8. The van der Waals surface area contributed by atoms with Crippen LogP contribution in [0.15, 0.2) is 36.5 Å². The summed E-state index contributed by atoms with van der Waals surface area (Å²) in [6, 6.07) is 0. The average molecular weight is 970 g/mol. The Labute approximate surface area is 429 Å². The van der Waals surface area contributed by atoms with E-state index in [-0.39, 0.29) is 31.1 Å². The summed E-state index contributed by atoms with van der Waals surface area (Å²) in [7, 11) is 0. The van der Waals surface area contributed by atoms with Gasteiger partial charge in [-0.1, -0.05) is 282 Å². The first kappa shape index (κ1) is 66.6. The molecule has 6 heteroatoms. The van der Waals surface area contributed by atoms with Crippen LogP contribution in [-0.4, -0.2) is 37.2 Å². The van der Waals surface area contributed by atoms with Gasteiger partial charge in [0.2, 0.25) is 0 Å². The number of carbonyl (C=O) groups excluding carboxylic acids is 3. The number of hydrogen-bond donors (Lipinski definition) is 0. The lowest BCUT2D eigenvalue weighted by Crippen LogP contribution is -2.30. The van der Waals surface area contributed by atoms with Crippen molar-refractivity contribution < 1.29 is 28.6 Å². The smallest absolute Gasteiger partial charge is 0.306 e. The Bertz CT molecular complexity index is 1160. The number of allylic oxidation sites excluding steroid dienone is 6. The van der Waals surface area contributed by atoms with Crippen LogP contribution in [0.5, 0.6) is 0 Å². The molecule has 404 valence electrons.